The van der Waals surface area contributed by atoms with Crippen LogP contribution in [0.4, 0.5) is 14.5 Å². The van der Waals surface area contributed by atoms with Crippen LogP contribution in [-0.4, -0.2) is 0 Å². The molecule has 0 aromatic heterocycles. The van der Waals surface area contributed by atoms with E-state index in [9.17, 15) is 8.78 Å². The Kier molecular flexibility index (Phi) is 3.54. The summed E-state index contributed by atoms with van der Waals surface area (Å²) in [5, 5.41) is 11.8. The SMILES string of the molecule is N#Cc1ccccc1NCc1ccc(F)cc1F. The first kappa shape index (κ1) is 12.1. The maximum absolute atomic E-state index is 13.4. The Morgan fingerprint density at radius 2 is 1.89 bits per heavy atom. The molecule has 2 rings (SSSR count). The van der Waals surface area contributed by atoms with Crippen LogP contribution in [0.3, 0.4) is 0 Å². The maximum Gasteiger partial charge on any atom is 0.131 e. The van der Waals surface area contributed by atoms with Gasteiger partial charge in [0.05, 0.1) is 11.3 Å². The van der Waals surface area contributed by atoms with Gasteiger partial charge >= 0.3 is 0 Å². The Hall–Kier alpha value is -2.41. The maximum atomic E-state index is 13.4. The molecular formula is C14H10F2N2. The van der Waals surface area contributed by atoms with E-state index in [0.717, 1.165) is 6.07 Å². The van der Waals surface area contributed by atoms with Crippen LogP contribution >= 0.6 is 0 Å². The minimum atomic E-state index is -0.603. The van der Waals surface area contributed by atoms with Gasteiger partial charge in [0, 0.05) is 18.2 Å². The van der Waals surface area contributed by atoms with Crippen molar-refractivity contribution in [3.05, 3.63) is 65.2 Å². The molecule has 1 N–H and O–H groups in total. The second-order valence-electron chi connectivity index (χ2n) is 3.75. The lowest BCUT2D eigenvalue weighted by molar-refractivity contribution is 0.574. The van der Waals surface area contributed by atoms with E-state index in [1.165, 1.54) is 12.1 Å². The Labute approximate surface area is 103 Å². The molecule has 0 spiro atoms. The van der Waals surface area contributed by atoms with Crippen molar-refractivity contribution in [1.29, 1.82) is 5.26 Å². The number of nitrogens with zero attached hydrogens (tertiary/aromatic N) is 1. The Bertz CT molecular complexity index is 603. The zero-order valence-corrected chi connectivity index (χ0v) is 9.45. The molecule has 0 heterocycles. The van der Waals surface area contributed by atoms with Crippen molar-refractivity contribution >= 4 is 5.69 Å². The number of hydrogen-bond acceptors (Lipinski definition) is 2. The Morgan fingerprint density at radius 1 is 1.11 bits per heavy atom. The lowest BCUT2D eigenvalue weighted by atomic mass is 10.1. The molecule has 0 amide bonds. The highest BCUT2D eigenvalue weighted by atomic mass is 19.1. The first-order valence-corrected chi connectivity index (χ1v) is 5.37. The molecule has 4 heteroatoms. The van der Waals surface area contributed by atoms with E-state index in [1.54, 1.807) is 24.3 Å². The quantitative estimate of drug-likeness (QED) is 0.897. The van der Waals surface area contributed by atoms with E-state index >= 15 is 0 Å². The average Bonchev–Trinajstić information content (AvgIpc) is 2.38. The molecule has 2 nitrogen and oxygen atoms in total. The van der Waals surface area contributed by atoms with Crippen LogP contribution in [0.2, 0.25) is 0 Å². The fourth-order valence-electron chi connectivity index (χ4n) is 1.59. The summed E-state index contributed by atoms with van der Waals surface area (Å²) in [4.78, 5) is 0. The fraction of sp³-hybridized carbons (Fsp3) is 0.0714. The Morgan fingerprint density at radius 3 is 2.61 bits per heavy atom. The van der Waals surface area contributed by atoms with Gasteiger partial charge in [-0.1, -0.05) is 18.2 Å². The van der Waals surface area contributed by atoms with Gasteiger partial charge in [-0.2, -0.15) is 5.26 Å². The van der Waals surface area contributed by atoms with Crippen LogP contribution in [-0.2, 0) is 6.54 Å². The van der Waals surface area contributed by atoms with Crippen LogP contribution in [0.25, 0.3) is 0 Å². The average molecular weight is 244 g/mol. The van der Waals surface area contributed by atoms with E-state index in [2.05, 4.69) is 5.32 Å². The summed E-state index contributed by atoms with van der Waals surface area (Å²) >= 11 is 0. The van der Waals surface area contributed by atoms with E-state index in [1.807, 2.05) is 6.07 Å². The van der Waals surface area contributed by atoms with Gasteiger partial charge in [-0.15, -0.1) is 0 Å². The van der Waals surface area contributed by atoms with Crippen LogP contribution in [0.5, 0.6) is 0 Å². The summed E-state index contributed by atoms with van der Waals surface area (Å²) in [6, 6.07) is 12.4. The van der Waals surface area contributed by atoms with Crippen molar-refractivity contribution in [2.45, 2.75) is 6.54 Å². The number of anilines is 1. The molecule has 0 saturated heterocycles. The third-order valence-electron chi connectivity index (χ3n) is 2.53. The highest BCUT2D eigenvalue weighted by Crippen LogP contribution is 2.16. The molecule has 0 unspecified atom stereocenters. The minimum Gasteiger partial charge on any atom is -0.380 e. The van der Waals surface area contributed by atoms with Gasteiger partial charge in [-0.25, -0.2) is 8.78 Å². The summed E-state index contributed by atoms with van der Waals surface area (Å²) in [7, 11) is 0. The molecular weight excluding hydrogens is 234 g/mol. The minimum absolute atomic E-state index is 0.199. The van der Waals surface area contributed by atoms with Crippen LogP contribution in [0, 0.1) is 23.0 Å². The molecule has 0 radical (unpaired) electrons. The molecule has 0 fully saturated rings. The Balaban J connectivity index is 2.14. The number of hydrogen-bond donors (Lipinski definition) is 1. The van der Waals surface area contributed by atoms with Gasteiger partial charge in [-0.05, 0) is 18.2 Å². The topological polar surface area (TPSA) is 35.8 Å². The molecule has 0 bridgehead atoms. The van der Waals surface area contributed by atoms with Gasteiger partial charge < -0.3 is 5.32 Å². The molecule has 0 aliphatic rings. The lowest BCUT2D eigenvalue weighted by Crippen LogP contribution is -2.03. The molecule has 2 aromatic rings. The van der Waals surface area contributed by atoms with Crippen LogP contribution < -0.4 is 5.32 Å². The van der Waals surface area contributed by atoms with Gasteiger partial charge in [0.2, 0.25) is 0 Å². The van der Waals surface area contributed by atoms with Gasteiger partial charge in [0.15, 0.2) is 0 Å². The summed E-state index contributed by atoms with van der Waals surface area (Å²) in [6.07, 6.45) is 0. The van der Waals surface area contributed by atoms with E-state index in [4.69, 9.17) is 5.26 Å². The molecule has 0 saturated carbocycles. The van der Waals surface area contributed by atoms with Crippen molar-refractivity contribution in [3.8, 4) is 6.07 Å². The predicted octanol–water partition coefficient (Wildman–Crippen LogP) is 3.45. The molecule has 90 valence electrons. The zero-order chi connectivity index (χ0) is 13.0. The third-order valence-corrected chi connectivity index (χ3v) is 2.53. The highest BCUT2D eigenvalue weighted by Gasteiger charge is 2.05. The lowest BCUT2D eigenvalue weighted by Gasteiger charge is -2.08. The number of nitrogens with one attached hydrogen (secondary N) is 1. The monoisotopic (exact) mass is 244 g/mol. The predicted molar refractivity (Wildman–Crippen MR) is 64.8 cm³/mol. The molecule has 0 atom stereocenters. The molecule has 18 heavy (non-hydrogen) atoms. The number of benzene rings is 2. The zero-order valence-electron chi connectivity index (χ0n) is 9.45. The van der Waals surface area contributed by atoms with Crippen molar-refractivity contribution in [3.63, 3.8) is 0 Å². The standard InChI is InChI=1S/C14H10F2N2/c15-12-6-5-11(13(16)7-12)9-18-14-4-2-1-3-10(14)8-17/h1-7,18H,9H2. The van der Waals surface area contributed by atoms with Crippen molar-refractivity contribution in [1.82, 2.24) is 0 Å². The van der Waals surface area contributed by atoms with Gasteiger partial charge in [0.1, 0.15) is 17.7 Å². The first-order valence-electron chi connectivity index (χ1n) is 5.37. The number of rotatable bonds is 3. The van der Waals surface area contributed by atoms with E-state index in [-0.39, 0.29) is 6.54 Å². The largest absolute Gasteiger partial charge is 0.380 e. The van der Waals surface area contributed by atoms with Crippen molar-refractivity contribution in [2.75, 3.05) is 5.32 Å². The second kappa shape index (κ2) is 5.28. The highest BCUT2D eigenvalue weighted by molar-refractivity contribution is 5.57. The van der Waals surface area contributed by atoms with Crippen molar-refractivity contribution in [2.24, 2.45) is 0 Å². The fourth-order valence-corrected chi connectivity index (χ4v) is 1.59. The summed E-state index contributed by atoms with van der Waals surface area (Å²) in [6.45, 7) is 0.199. The van der Waals surface area contributed by atoms with E-state index < -0.39 is 11.6 Å². The van der Waals surface area contributed by atoms with Crippen LogP contribution in [0.1, 0.15) is 11.1 Å². The van der Waals surface area contributed by atoms with Gasteiger partial charge in [0.25, 0.3) is 0 Å². The number of halogens is 2. The van der Waals surface area contributed by atoms with Gasteiger partial charge in [-0.3, -0.25) is 0 Å². The number of para-hydroxylation sites is 1. The molecule has 0 aliphatic carbocycles. The van der Waals surface area contributed by atoms with Crippen molar-refractivity contribution < 1.29 is 8.78 Å². The summed E-state index contributed by atoms with van der Waals surface area (Å²) < 4.78 is 26.1. The first-order chi connectivity index (χ1) is 8.70. The van der Waals surface area contributed by atoms with Crippen LogP contribution in [0.15, 0.2) is 42.5 Å². The number of nitriles is 1. The van der Waals surface area contributed by atoms with E-state index in [0.29, 0.717) is 16.8 Å². The summed E-state index contributed by atoms with van der Waals surface area (Å²) in [5.74, 6) is -1.20. The smallest absolute Gasteiger partial charge is 0.131 e. The summed E-state index contributed by atoms with van der Waals surface area (Å²) in [5.41, 5.74) is 1.47. The second-order valence-corrected chi connectivity index (χ2v) is 3.75. The molecule has 2 aromatic carbocycles. The normalized spacial score (nSPS) is 9.83. The third kappa shape index (κ3) is 2.64. The molecule has 0 aliphatic heterocycles.